The highest BCUT2D eigenvalue weighted by Gasteiger charge is 2.34. The third-order valence-corrected chi connectivity index (χ3v) is 4.33. The Bertz CT molecular complexity index is 630. The maximum absolute atomic E-state index is 12.5. The van der Waals surface area contributed by atoms with Crippen molar-refractivity contribution in [2.45, 2.75) is 26.3 Å². The highest BCUT2D eigenvalue weighted by atomic mass is 16.2. The van der Waals surface area contributed by atoms with E-state index in [2.05, 4.69) is 15.7 Å². The molecule has 1 unspecified atom stereocenters. The van der Waals surface area contributed by atoms with Crippen molar-refractivity contribution < 1.29 is 4.79 Å². The maximum Gasteiger partial charge on any atom is 0.227 e. The number of hydrogen-bond donors (Lipinski definition) is 2. The molecule has 2 aromatic rings. The van der Waals surface area contributed by atoms with Crippen LogP contribution in [0.2, 0.25) is 0 Å². The molecule has 5 nitrogen and oxygen atoms in total. The molecule has 1 atom stereocenters. The van der Waals surface area contributed by atoms with E-state index in [0.717, 1.165) is 37.2 Å². The van der Waals surface area contributed by atoms with Crippen molar-refractivity contribution >= 4 is 5.91 Å². The van der Waals surface area contributed by atoms with Gasteiger partial charge >= 0.3 is 0 Å². The van der Waals surface area contributed by atoms with Crippen molar-refractivity contribution in [2.24, 2.45) is 5.41 Å². The fourth-order valence-corrected chi connectivity index (χ4v) is 2.93. The van der Waals surface area contributed by atoms with Crippen LogP contribution in [-0.4, -0.2) is 28.8 Å². The van der Waals surface area contributed by atoms with Crippen molar-refractivity contribution in [3.63, 3.8) is 0 Å². The number of para-hydroxylation sites is 1. The minimum atomic E-state index is -0.307. The van der Waals surface area contributed by atoms with Crippen LogP contribution in [0.3, 0.4) is 0 Å². The predicted octanol–water partition coefficient (Wildman–Crippen LogP) is 1.88. The van der Waals surface area contributed by atoms with E-state index in [1.54, 1.807) is 6.20 Å². The van der Waals surface area contributed by atoms with Gasteiger partial charge in [0.05, 0.1) is 11.1 Å². The van der Waals surface area contributed by atoms with Crippen LogP contribution < -0.4 is 10.6 Å². The van der Waals surface area contributed by atoms with E-state index in [4.69, 9.17) is 0 Å². The van der Waals surface area contributed by atoms with Crippen LogP contribution in [0.15, 0.2) is 42.7 Å². The van der Waals surface area contributed by atoms with E-state index in [9.17, 15) is 4.79 Å². The van der Waals surface area contributed by atoms with Crippen LogP contribution in [0.1, 0.15) is 25.3 Å². The molecule has 2 heterocycles. The lowest BCUT2D eigenvalue weighted by Gasteiger charge is -2.32. The zero-order valence-electron chi connectivity index (χ0n) is 12.9. The topological polar surface area (TPSA) is 59.0 Å². The van der Waals surface area contributed by atoms with Crippen LogP contribution in [-0.2, 0) is 11.3 Å². The Morgan fingerprint density at radius 3 is 3.00 bits per heavy atom. The standard InChI is InChI=1S/C17H22N4O/c1-17(8-4-9-18-13-17)16(22)19-12-14-6-2-3-7-15(14)21-11-5-10-20-21/h2-3,5-7,10-11,18H,4,8-9,12-13H2,1H3,(H,19,22). The lowest BCUT2D eigenvalue weighted by molar-refractivity contribution is -0.131. The zero-order valence-corrected chi connectivity index (χ0v) is 12.9. The second-order valence-electron chi connectivity index (χ2n) is 6.10. The number of nitrogens with zero attached hydrogens (tertiary/aromatic N) is 2. The van der Waals surface area contributed by atoms with Crippen molar-refractivity contribution in [1.29, 1.82) is 0 Å². The molecule has 5 heteroatoms. The van der Waals surface area contributed by atoms with Gasteiger partial charge in [-0.1, -0.05) is 18.2 Å². The van der Waals surface area contributed by atoms with E-state index < -0.39 is 0 Å². The molecule has 0 spiro atoms. The number of rotatable bonds is 4. The lowest BCUT2D eigenvalue weighted by Crippen LogP contribution is -2.48. The summed E-state index contributed by atoms with van der Waals surface area (Å²) in [6.45, 7) is 4.31. The number of aromatic nitrogens is 2. The van der Waals surface area contributed by atoms with E-state index in [0.29, 0.717) is 6.54 Å². The first kappa shape index (κ1) is 14.8. The second-order valence-corrected chi connectivity index (χ2v) is 6.10. The Balaban J connectivity index is 1.70. The molecule has 0 bridgehead atoms. The van der Waals surface area contributed by atoms with Crippen LogP contribution in [0.4, 0.5) is 0 Å². The molecule has 116 valence electrons. The van der Waals surface area contributed by atoms with Gasteiger partial charge in [0.25, 0.3) is 0 Å². The Morgan fingerprint density at radius 1 is 1.41 bits per heavy atom. The summed E-state index contributed by atoms with van der Waals surface area (Å²) < 4.78 is 1.82. The zero-order chi connectivity index (χ0) is 15.4. The minimum absolute atomic E-state index is 0.120. The largest absolute Gasteiger partial charge is 0.351 e. The normalized spacial score (nSPS) is 21.5. The summed E-state index contributed by atoms with van der Waals surface area (Å²) in [6, 6.07) is 9.90. The highest BCUT2D eigenvalue weighted by molar-refractivity contribution is 5.82. The Labute approximate surface area is 130 Å². The number of amides is 1. The number of carbonyl (C=O) groups excluding carboxylic acids is 1. The van der Waals surface area contributed by atoms with Gasteiger partial charge in [-0.15, -0.1) is 0 Å². The molecule has 1 aromatic carbocycles. The van der Waals surface area contributed by atoms with E-state index in [1.807, 2.05) is 48.1 Å². The van der Waals surface area contributed by atoms with Crippen LogP contribution >= 0.6 is 0 Å². The van der Waals surface area contributed by atoms with Crippen molar-refractivity contribution in [2.75, 3.05) is 13.1 Å². The first-order chi connectivity index (χ1) is 10.7. The van der Waals surface area contributed by atoms with Gasteiger partial charge in [-0.2, -0.15) is 5.10 Å². The summed E-state index contributed by atoms with van der Waals surface area (Å²) in [5.74, 6) is 0.120. The third kappa shape index (κ3) is 3.04. The molecule has 0 aliphatic carbocycles. The molecular weight excluding hydrogens is 276 g/mol. The first-order valence-corrected chi connectivity index (χ1v) is 7.76. The van der Waals surface area contributed by atoms with Crippen LogP contribution in [0.25, 0.3) is 5.69 Å². The third-order valence-electron chi connectivity index (χ3n) is 4.33. The molecule has 1 aliphatic rings. The van der Waals surface area contributed by atoms with Gasteiger partial charge in [0.15, 0.2) is 0 Å². The molecule has 0 saturated carbocycles. The summed E-state index contributed by atoms with van der Waals surface area (Å²) in [7, 11) is 0. The van der Waals surface area contributed by atoms with Crippen molar-refractivity contribution in [1.82, 2.24) is 20.4 Å². The van der Waals surface area contributed by atoms with Gasteiger partial charge in [0.1, 0.15) is 0 Å². The Kier molecular flexibility index (Phi) is 4.24. The van der Waals surface area contributed by atoms with Gasteiger partial charge in [0, 0.05) is 25.5 Å². The minimum Gasteiger partial charge on any atom is -0.351 e. The van der Waals surface area contributed by atoms with Gasteiger partial charge in [-0.05, 0) is 44.0 Å². The number of carbonyl (C=O) groups is 1. The molecule has 1 aromatic heterocycles. The summed E-state index contributed by atoms with van der Waals surface area (Å²) in [5.41, 5.74) is 1.76. The molecular formula is C17H22N4O. The fourth-order valence-electron chi connectivity index (χ4n) is 2.93. The van der Waals surface area contributed by atoms with E-state index in [1.165, 1.54) is 0 Å². The fraction of sp³-hybridized carbons (Fsp3) is 0.412. The number of piperidine rings is 1. The summed E-state index contributed by atoms with van der Waals surface area (Å²) in [4.78, 5) is 12.5. The molecule has 22 heavy (non-hydrogen) atoms. The van der Waals surface area contributed by atoms with E-state index in [-0.39, 0.29) is 11.3 Å². The molecule has 1 aliphatic heterocycles. The average molecular weight is 298 g/mol. The maximum atomic E-state index is 12.5. The van der Waals surface area contributed by atoms with Crippen LogP contribution in [0.5, 0.6) is 0 Å². The summed E-state index contributed by atoms with van der Waals surface area (Å²) >= 11 is 0. The number of hydrogen-bond acceptors (Lipinski definition) is 3. The second kappa shape index (κ2) is 6.32. The highest BCUT2D eigenvalue weighted by Crippen LogP contribution is 2.25. The van der Waals surface area contributed by atoms with E-state index >= 15 is 0 Å². The molecule has 3 rings (SSSR count). The van der Waals surface area contributed by atoms with Gasteiger partial charge in [-0.25, -0.2) is 4.68 Å². The molecule has 1 saturated heterocycles. The average Bonchev–Trinajstić information content (AvgIpc) is 3.08. The summed E-state index contributed by atoms with van der Waals surface area (Å²) in [5, 5.41) is 10.7. The van der Waals surface area contributed by atoms with Gasteiger partial charge < -0.3 is 10.6 Å². The van der Waals surface area contributed by atoms with Crippen molar-refractivity contribution in [3.8, 4) is 5.69 Å². The smallest absolute Gasteiger partial charge is 0.227 e. The molecule has 0 radical (unpaired) electrons. The molecule has 2 N–H and O–H groups in total. The Morgan fingerprint density at radius 2 is 2.27 bits per heavy atom. The van der Waals surface area contributed by atoms with Crippen molar-refractivity contribution in [3.05, 3.63) is 48.3 Å². The first-order valence-electron chi connectivity index (χ1n) is 7.76. The Hall–Kier alpha value is -2.14. The summed E-state index contributed by atoms with van der Waals surface area (Å²) in [6.07, 6.45) is 5.65. The SMILES string of the molecule is CC1(C(=O)NCc2ccccc2-n2cccn2)CCCNC1. The monoisotopic (exact) mass is 298 g/mol. The molecule has 1 fully saturated rings. The predicted molar refractivity (Wildman–Crippen MR) is 85.6 cm³/mol. The number of benzene rings is 1. The van der Waals surface area contributed by atoms with Gasteiger partial charge in [0.2, 0.25) is 5.91 Å². The quantitative estimate of drug-likeness (QED) is 0.906. The molecule has 1 amide bonds. The number of nitrogens with one attached hydrogen (secondary N) is 2. The van der Waals surface area contributed by atoms with Gasteiger partial charge in [-0.3, -0.25) is 4.79 Å². The van der Waals surface area contributed by atoms with Crippen LogP contribution in [0, 0.1) is 5.41 Å². The lowest BCUT2D eigenvalue weighted by atomic mass is 9.82.